The smallest absolute Gasteiger partial charge is 0.335 e. The second kappa shape index (κ2) is 9.43. The molecule has 0 aliphatic heterocycles. The summed E-state index contributed by atoms with van der Waals surface area (Å²) in [6.45, 7) is 0.766. The topological polar surface area (TPSA) is 94.1 Å². The van der Waals surface area contributed by atoms with E-state index in [-0.39, 0.29) is 17.9 Å². The molecular weight excluding hydrogens is 338 g/mol. The van der Waals surface area contributed by atoms with Crippen LogP contribution >= 0.6 is 0 Å². The first-order valence-electron chi connectivity index (χ1n) is 7.96. The van der Waals surface area contributed by atoms with Crippen molar-refractivity contribution in [1.29, 1.82) is 0 Å². The zero-order valence-corrected chi connectivity index (χ0v) is 14.7. The van der Waals surface area contributed by atoms with Gasteiger partial charge in [0.15, 0.2) is 11.5 Å². The SMILES string of the molecule is COCCOc1cc(NC(=O)Cc2ccccc2C(=O)O)ccc1OC. The zero-order chi connectivity index (χ0) is 18.9. The Kier molecular flexibility index (Phi) is 6.99. The number of hydrogen-bond acceptors (Lipinski definition) is 5. The number of carbonyl (C=O) groups is 2. The van der Waals surface area contributed by atoms with Gasteiger partial charge in [-0.1, -0.05) is 18.2 Å². The summed E-state index contributed by atoms with van der Waals surface area (Å²) < 4.78 is 15.8. The van der Waals surface area contributed by atoms with Crippen molar-refractivity contribution >= 4 is 17.6 Å². The highest BCUT2D eigenvalue weighted by Crippen LogP contribution is 2.30. The van der Waals surface area contributed by atoms with E-state index >= 15 is 0 Å². The summed E-state index contributed by atoms with van der Waals surface area (Å²) in [4.78, 5) is 23.5. The third kappa shape index (κ3) is 5.22. The van der Waals surface area contributed by atoms with E-state index in [0.717, 1.165) is 0 Å². The molecule has 0 fully saturated rings. The molecule has 1 amide bonds. The highest BCUT2D eigenvalue weighted by Gasteiger charge is 2.13. The molecule has 0 aliphatic rings. The van der Waals surface area contributed by atoms with Crippen LogP contribution in [0.1, 0.15) is 15.9 Å². The summed E-state index contributed by atoms with van der Waals surface area (Å²) in [5.41, 5.74) is 1.08. The van der Waals surface area contributed by atoms with Crippen LogP contribution in [0.4, 0.5) is 5.69 Å². The molecule has 0 saturated heterocycles. The maximum Gasteiger partial charge on any atom is 0.335 e. The van der Waals surface area contributed by atoms with Gasteiger partial charge in [-0.05, 0) is 23.8 Å². The molecule has 138 valence electrons. The molecule has 7 nitrogen and oxygen atoms in total. The van der Waals surface area contributed by atoms with Crippen molar-refractivity contribution in [2.45, 2.75) is 6.42 Å². The summed E-state index contributed by atoms with van der Waals surface area (Å²) in [5, 5.41) is 11.9. The lowest BCUT2D eigenvalue weighted by Gasteiger charge is -2.13. The van der Waals surface area contributed by atoms with Crippen LogP contribution in [0, 0.1) is 0 Å². The second-order valence-corrected chi connectivity index (χ2v) is 5.39. The molecule has 0 spiro atoms. The van der Waals surface area contributed by atoms with E-state index in [0.29, 0.717) is 36.0 Å². The summed E-state index contributed by atoms with van der Waals surface area (Å²) in [5.74, 6) is -0.373. The third-order valence-electron chi connectivity index (χ3n) is 3.59. The predicted molar refractivity (Wildman–Crippen MR) is 96.1 cm³/mol. The van der Waals surface area contributed by atoms with E-state index in [4.69, 9.17) is 14.2 Å². The number of carboxylic acid groups (broad SMARTS) is 1. The van der Waals surface area contributed by atoms with E-state index in [2.05, 4.69) is 5.32 Å². The van der Waals surface area contributed by atoms with Crippen LogP contribution in [0.25, 0.3) is 0 Å². The number of rotatable bonds is 9. The molecule has 2 N–H and O–H groups in total. The Labute approximate surface area is 151 Å². The Balaban J connectivity index is 2.09. The fourth-order valence-corrected chi connectivity index (χ4v) is 2.36. The highest BCUT2D eigenvalue weighted by molar-refractivity contribution is 5.96. The lowest BCUT2D eigenvalue weighted by Crippen LogP contribution is -2.16. The quantitative estimate of drug-likeness (QED) is 0.669. The molecule has 0 radical (unpaired) electrons. The van der Waals surface area contributed by atoms with E-state index < -0.39 is 5.97 Å². The van der Waals surface area contributed by atoms with Crippen LogP contribution in [0.15, 0.2) is 42.5 Å². The average molecular weight is 359 g/mol. The first-order chi connectivity index (χ1) is 12.5. The van der Waals surface area contributed by atoms with Crippen LogP contribution in [-0.2, 0) is 16.0 Å². The number of hydrogen-bond donors (Lipinski definition) is 2. The molecule has 0 aliphatic carbocycles. The van der Waals surface area contributed by atoms with Crippen LogP contribution in [0.5, 0.6) is 11.5 Å². The molecule has 7 heteroatoms. The Morgan fingerprint density at radius 1 is 1.04 bits per heavy atom. The molecule has 0 bridgehead atoms. The number of methoxy groups -OCH3 is 2. The molecule has 0 aromatic heterocycles. The number of carboxylic acids is 1. The molecule has 0 unspecified atom stereocenters. The number of aromatic carboxylic acids is 1. The zero-order valence-electron chi connectivity index (χ0n) is 14.7. The molecule has 2 aromatic carbocycles. The summed E-state index contributed by atoms with van der Waals surface area (Å²) in [6, 6.07) is 11.4. The van der Waals surface area contributed by atoms with Gasteiger partial charge in [-0.3, -0.25) is 4.79 Å². The molecule has 2 aromatic rings. The van der Waals surface area contributed by atoms with Crippen molar-refractivity contribution in [2.75, 3.05) is 32.8 Å². The van der Waals surface area contributed by atoms with Gasteiger partial charge in [-0.15, -0.1) is 0 Å². The average Bonchev–Trinajstić information content (AvgIpc) is 2.62. The fraction of sp³-hybridized carbons (Fsp3) is 0.263. The number of nitrogens with one attached hydrogen (secondary N) is 1. The first-order valence-corrected chi connectivity index (χ1v) is 7.96. The minimum Gasteiger partial charge on any atom is -0.493 e. The van der Waals surface area contributed by atoms with E-state index in [9.17, 15) is 14.7 Å². The maximum atomic E-state index is 12.3. The van der Waals surface area contributed by atoms with Crippen molar-refractivity contribution in [3.05, 3.63) is 53.6 Å². The van der Waals surface area contributed by atoms with Gasteiger partial charge in [0.05, 0.1) is 25.7 Å². The maximum absolute atomic E-state index is 12.3. The number of benzene rings is 2. The van der Waals surface area contributed by atoms with Crippen molar-refractivity contribution in [2.24, 2.45) is 0 Å². The van der Waals surface area contributed by atoms with Crippen molar-refractivity contribution in [1.82, 2.24) is 0 Å². The van der Waals surface area contributed by atoms with Crippen molar-refractivity contribution in [3.63, 3.8) is 0 Å². The molecule has 26 heavy (non-hydrogen) atoms. The molecule has 0 saturated carbocycles. The Hall–Kier alpha value is -3.06. The van der Waals surface area contributed by atoms with Gasteiger partial charge in [0.1, 0.15) is 6.61 Å². The normalized spacial score (nSPS) is 10.2. The predicted octanol–water partition coefficient (Wildman–Crippen LogP) is 2.60. The monoisotopic (exact) mass is 359 g/mol. The molecule has 0 heterocycles. The van der Waals surface area contributed by atoms with Gasteiger partial charge in [0.25, 0.3) is 0 Å². The van der Waals surface area contributed by atoms with Crippen LogP contribution in [-0.4, -0.2) is 44.4 Å². The van der Waals surface area contributed by atoms with Gasteiger partial charge < -0.3 is 24.6 Å². The molecule has 0 atom stereocenters. The third-order valence-corrected chi connectivity index (χ3v) is 3.59. The Bertz CT molecular complexity index is 774. The standard InChI is InChI=1S/C19H21NO6/c1-24-9-10-26-17-12-14(7-8-16(17)25-2)20-18(21)11-13-5-3-4-6-15(13)19(22)23/h3-8,12H,9-11H2,1-2H3,(H,20,21)(H,22,23). The minimum atomic E-state index is -1.06. The largest absolute Gasteiger partial charge is 0.493 e. The molecular formula is C19H21NO6. The van der Waals surface area contributed by atoms with Crippen LogP contribution in [0.3, 0.4) is 0 Å². The number of carbonyl (C=O) groups excluding carboxylic acids is 1. The second-order valence-electron chi connectivity index (χ2n) is 5.39. The Morgan fingerprint density at radius 2 is 1.81 bits per heavy atom. The Morgan fingerprint density at radius 3 is 2.50 bits per heavy atom. The fourth-order valence-electron chi connectivity index (χ4n) is 2.36. The van der Waals surface area contributed by atoms with Crippen LogP contribution < -0.4 is 14.8 Å². The number of anilines is 1. The van der Waals surface area contributed by atoms with Gasteiger partial charge in [-0.2, -0.15) is 0 Å². The first kappa shape index (κ1) is 19.3. The van der Waals surface area contributed by atoms with E-state index in [1.165, 1.54) is 13.2 Å². The van der Waals surface area contributed by atoms with Crippen molar-refractivity contribution < 1.29 is 28.9 Å². The van der Waals surface area contributed by atoms with Gasteiger partial charge in [-0.25, -0.2) is 4.79 Å². The van der Waals surface area contributed by atoms with Gasteiger partial charge in [0.2, 0.25) is 5.91 Å². The molecule has 2 rings (SSSR count). The minimum absolute atomic E-state index is 0.0473. The van der Waals surface area contributed by atoms with E-state index in [1.807, 2.05) is 0 Å². The highest BCUT2D eigenvalue weighted by atomic mass is 16.5. The van der Waals surface area contributed by atoms with Crippen molar-refractivity contribution in [3.8, 4) is 11.5 Å². The summed E-state index contributed by atoms with van der Waals surface area (Å²) >= 11 is 0. The van der Waals surface area contributed by atoms with Gasteiger partial charge >= 0.3 is 5.97 Å². The lowest BCUT2D eigenvalue weighted by atomic mass is 10.0. The lowest BCUT2D eigenvalue weighted by molar-refractivity contribution is -0.115. The number of ether oxygens (including phenoxy) is 3. The van der Waals surface area contributed by atoms with E-state index in [1.54, 1.807) is 43.5 Å². The summed E-state index contributed by atoms with van der Waals surface area (Å²) in [7, 11) is 3.10. The summed E-state index contributed by atoms with van der Waals surface area (Å²) in [6.07, 6.45) is -0.0473. The number of amides is 1. The van der Waals surface area contributed by atoms with Gasteiger partial charge in [0, 0.05) is 18.9 Å². The van der Waals surface area contributed by atoms with Crippen LogP contribution in [0.2, 0.25) is 0 Å².